The van der Waals surface area contributed by atoms with E-state index in [1.54, 1.807) is 0 Å². The molecule has 18 heavy (non-hydrogen) atoms. The summed E-state index contributed by atoms with van der Waals surface area (Å²) < 4.78 is 0. The van der Waals surface area contributed by atoms with Gasteiger partial charge in [-0.1, -0.05) is 13.8 Å². The zero-order valence-electron chi connectivity index (χ0n) is 12.5. The molecule has 3 heteroatoms. The number of aliphatic hydroxyl groups is 1. The van der Waals surface area contributed by atoms with Gasteiger partial charge in [0.1, 0.15) is 0 Å². The van der Waals surface area contributed by atoms with Crippen molar-refractivity contribution in [1.82, 2.24) is 10.2 Å². The summed E-state index contributed by atoms with van der Waals surface area (Å²) in [4.78, 5) is 2.45. The SMILES string of the molecule is CNC1CCC(C)(C)CC1CN1CCC(C)(O)C1. The highest BCUT2D eigenvalue weighted by atomic mass is 16.3. The van der Waals surface area contributed by atoms with Crippen molar-refractivity contribution in [3.8, 4) is 0 Å². The molecule has 2 aliphatic rings. The van der Waals surface area contributed by atoms with Gasteiger partial charge in [-0.05, 0) is 51.0 Å². The van der Waals surface area contributed by atoms with Crippen LogP contribution in [-0.2, 0) is 0 Å². The second-order valence-corrected chi connectivity index (χ2v) is 7.54. The minimum absolute atomic E-state index is 0.459. The molecular weight excluding hydrogens is 224 g/mol. The van der Waals surface area contributed by atoms with Crippen LogP contribution >= 0.6 is 0 Å². The second kappa shape index (κ2) is 5.10. The average Bonchev–Trinajstić information content (AvgIpc) is 2.57. The van der Waals surface area contributed by atoms with Gasteiger partial charge in [0, 0.05) is 25.7 Å². The van der Waals surface area contributed by atoms with Crippen molar-refractivity contribution >= 4 is 0 Å². The third-order valence-electron chi connectivity index (χ3n) is 4.91. The lowest BCUT2D eigenvalue weighted by atomic mass is 9.69. The van der Waals surface area contributed by atoms with Gasteiger partial charge < -0.3 is 15.3 Å². The van der Waals surface area contributed by atoms with Gasteiger partial charge >= 0.3 is 0 Å². The van der Waals surface area contributed by atoms with Crippen LogP contribution in [0.1, 0.15) is 46.5 Å². The van der Waals surface area contributed by atoms with Crippen molar-refractivity contribution in [1.29, 1.82) is 0 Å². The normalized spacial score (nSPS) is 41.2. The van der Waals surface area contributed by atoms with Gasteiger partial charge in [0.15, 0.2) is 0 Å². The molecule has 0 aromatic heterocycles. The molecule has 3 atom stereocenters. The molecule has 0 spiro atoms. The lowest BCUT2D eigenvalue weighted by Crippen LogP contribution is -2.46. The van der Waals surface area contributed by atoms with Crippen LogP contribution in [0.25, 0.3) is 0 Å². The summed E-state index contributed by atoms with van der Waals surface area (Å²) in [5.41, 5.74) is 0.0274. The molecule has 2 fully saturated rings. The van der Waals surface area contributed by atoms with Crippen molar-refractivity contribution in [2.45, 2.75) is 58.1 Å². The third kappa shape index (κ3) is 3.46. The lowest BCUT2D eigenvalue weighted by Gasteiger charge is -2.42. The summed E-state index contributed by atoms with van der Waals surface area (Å²) in [6, 6.07) is 0.656. The first-order chi connectivity index (χ1) is 8.31. The van der Waals surface area contributed by atoms with Crippen LogP contribution in [0, 0.1) is 11.3 Å². The molecule has 1 aliphatic heterocycles. The maximum absolute atomic E-state index is 10.1. The first kappa shape index (κ1) is 14.3. The zero-order chi connectivity index (χ0) is 13.4. The fourth-order valence-electron chi connectivity index (χ4n) is 3.83. The average molecular weight is 254 g/mol. The van der Waals surface area contributed by atoms with E-state index in [2.05, 4.69) is 31.1 Å². The number of hydrogen-bond acceptors (Lipinski definition) is 3. The number of nitrogens with one attached hydrogen (secondary N) is 1. The van der Waals surface area contributed by atoms with Gasteiger partial charge in [-0.2, -0.15) is 0 Å². The molecule has 0 radical (unpaired) electrons. The molecule has 106 valence electrons. The van der Waals surface area contributed by atoms with Crippen LogP contribution in [-0.4, -0.2) is 48.3 Å². The van der Waals surface area contributed by atoms with E-state index in [9.17, 15) is 5.11 Å². The fraction of sp³-hybridized carbons (Fsp3) is 1.00. The number of β-amino-alcohol motifs (C(OH)–C–C–N with tert-alkyl or cyclic N) is 1. The van der Waals surface area contributed by atoms with E-state index < -0.39 is 5.60 Å². The molecule has 1 heterocycles. The molecule has 1 saturated carbocycles. The van der Waals surface area contributed by atoms with Gasteiger partial charge in [0.05, 0.1) is 5.60 Å². The van der Waals surface area contributed by atoms with Gasteiger partial charge in [-0.3, -0.25) is 0 Å². The van der Waals surface area contributed by atoms with Crippen molar-refractivity contribution in [3.05, 3.63) is 0 Å². The molecule has 1 saturated heterocycles. The van der Waals surface area contributed by atoms with E-state index in [4.69, 9.17) is 0 Å². The largest absolute Gasteiger partial charge is 0.389 e. The Balaban J connectivity index is 1.93. The minimum Gasteiger partial charge on any atom is -0.389 e. The van der Waals surface area contributed by atoms with E-state index >= 15 is 0 Å². The summed E-state index contributed by atoms with van der Waals surface area (Å²) in [5.74, 6) is 0.729. The van der Waals surface area contributed by atoms with Gasteiger partial charge in [-0.15, -0.1) is 0 Å². The summed E-state index contributed by atoms with van der Waals surface area (Å²) in [6.07, 6.45) is 4.84. The predicted octanol–water partition coefficient (Wildman–Crippen LogP) is 1.86. The predicted molar refractivity (Wildman–Crippen MR) is 75.7 cm³/mol. The fourth-order valence-corrected chi connectivity index (χ4v) is 3.83. The smallest absolute Gasteiger partial charge is 0.0758 e. The Morgan fingerprint density at radius 2 is 2.00 bits per heavy atom. The molecule has 1 aliphatic carbocycles. The minimum atomic E-state index is -0.459. The molecule has 0 amide bonds. The first-order valence-corrected chi connectivity index (χ1v) is 7.43. The molecular formula is C15H30N2O. The van der Waals surface area contributed by atoms with Gasteiger partial charge in [-0.25, -0.2) is 0 Å². The van der Waals surface area contributed by atoms with E-state index in [0.29, 0.717) is 11.5 Å². The van der Waals surface area contributed by atoms with Crippen molar-refractivity contribution < 1.29 is 5.11 Å². The highest BCUT2D eigenvalue weighted by Gasteiger charge is 2.38. The summed E-state index contributed by atoms with van der Waals surface area (Å²) in [5, 5.41) is 13.6. The first-order valence-electron chi connectivity index (χ1n) is 7.43. The highest BCUT2D eigenvalue weighted by molar-refractivity contribution is 4.93. The summed E-state index contributed by atoms with van der Waals surface area (Å²) in [6.45, 7) is 9.80. The number of nitrogens with zero attached hydrogens (tertiary/aromatic N) is 1. The van der Waals surface area contributed by atoms with Crippen LogP contribution in [0.2, 0.25) is 0 Å². The molecule has 2 rings (SSSR count). The Morgan fingerprint density at radius 1 is 1.28 bits per heavy atom. The molecule has 3 nitrogen and oxygen atoms in total. The van der Waals surface area contributed by atoms with Crippen LogP contribution in [0.3, 0.4) is 0 Å². The van der Waals surface area contributed by atoms with E-state index in [1.165, 1.54) is 19.3 Å². The monoisotopic (exact) mass is 254 g/mol. The number of hydrogen-bond donors (Lipinski definition) is 2. The third-order valence-corrected chi connectivity index (χ3v) is 4.91. The van der Waals surface area contributed by atoms with Crippen LogP contribution in [0.4, 0.5) is 0 Å². The Labute approximate surface area is 112 Å². The maximum Gasteiger partial charge on any atom is 0.0758 e. The molecule has 0 aromatic rings. The van der Waals surface area contributed by atoms with Crippen molar-refractivity contribution in [2.24, 2.45) is 11.3 Å². The Morgan fingerprint density at radius 3 is 2.56 bits per heavy atom. The quantitative estimate of drug-likeness (QED) is 0.807. The lowest BCUT2D eigenvalue weighted by molar-refractivity contribution is 0.0584. The van der Waals surface area contributed by atoms with Gasteiger partial charge in [0.25, 0.3) is 0 Å². The second-order valence-electron chi connectivity index (χ2n) is 7.54. The Bertz CT molecular complexity index is 288. The molecule has 2 N–H and O–H groups in total. The van der Waals surface area contributed by atoms with E-state index in [0.717, 1.165) is 32.0 Å². The summed E-state index contributed by atoms with van der Waals surface area (Å²) in [7, 11) is 2.09. The number of likely N-dealkylation sites (tertiary alicyclic amines) is 1. The van der Waals surface area contributed by atoms with Crippen LogP contribution < -0.4 is 5.32 Å². The topological polar surface area (TPSA) is 35.5 Å². The van der Waals surface area contributed by atoms with Crippen molar-refractivity contribution in [2.75, 3.05) is 26.7 Å². The Kier molecular flexibility index (Phi) is 4.05. The van der Waals surface area contributed by atoms with Crippen LogP contribution in [0.5, 0.6) is 0 Å². The highest BCUT2D eigenvalue weighted by Crippen LogP contribution is 2.39. The number of rotatable bonds is 3. The van der Waals surface area contributed by atoms with Crippen LogP contribution in [0.15, 0.2) is 0 Å². The molecule has 3 unspecified atom stereocenters. The molecule has 0 aromatic carbocycles. The Hall–Kier alpha value is -0.120. The summed E-state index contributed by atoms with van der Waals surface area (Å²) >= 11 is 0. The molecule has 0 bridgehead atoms. The standard InChI is InChI=1S/C15H30N2O/c1-14(2)6-5-13(16-4)12(9-14)10-17-8-7-15(3,18)11-17/h12-13,16,18H,5-11H2,1-4H3. The van der Waals surface area contributed by atoms with E-state index in [1.807, 2.05) is 6.92 Å². The van der Waals surface area contributed by atoms with E-state index in [-0.39, 0.29) is 0 Å². The van der Waals surface area contributed by atoms with Gasteiger partial charge in [0.2, 0.25) is 0 Å². The zero-order valence-corrected chi connectivity index (χ0v) is 12.5. The maximum atomic E-state index is 10.1. The van der Waals surface area contributed by atoms with Crippen molar-refractivity contribution in [3.63, 3.8) is 0 Å².